The van der Waals surface area contributed by atoms with Crippen LogP contribution in [0.3, 0.4) is 0 Å². The highest BCUT2D eigenvalue weighted by atomic mass is 16.5. The lowest BCUT2D eigenvalue weighted by Gasteiger charge is -2.31. The molecule has 0 unspecified atom stereocenters. The molecule has 4 nitrogen and oxygen atoms in total. The molecule has 1 aromatic rings. The zero-order valence-corrected chi connectivity index (χ0v) is 11.6. The van der Waals surface area contributed by atoms with Gasteiger partial charge in [0.2, 0.25) is 5.91 Å². The average Bonchev–Trinajstić information content (AvgIpc) is 2.35. The zero-order valence-electron chi connectivity index (χ0n) is 11.6. The van der Waals surface area contributed by atoms with Crippen molar-refractivity contribution in [1.82, 2.24) is 5.32 Å². The van der Waals surface area contributed by atoms with Crippen molar-refractivity contribution in [3.8, 4) is 5.75 Å². The first kappa shape index (κ1) is 13.9. The fourth-order valence-electron chi connectivity index (χ4n) is 2.44. The second-order valence-corrected chi connectivity index (χ2v) is 5.28. The summed E-state index contributed by atoms with van der Waals surface area (Å²) in [5, 5.41) is 2.97. The lowest BCUT2D eigenvalue weighted by molar-refractivity contribution is -0.127. The third-order valence-corrected chi connectivity index (χ3v) is 3.67. The molecule has 0 aliphatic heterocycles. The van der Waals surface area contributed by atoms with Crippen molar-refractivity contribution in [2.24, 2.45) is 11.7 Å². The van der Waals surface area contributed by atoms with Gasteiger partial charge in [-0.3, -0.25) is 4.79 Å². The van der Waals surface area contributed by atoms with Crippen molar-refractivity contribution >= 4 is 5.91 Å². The number of carbonyl (C=O) groups excluding carboxylic acids is 1. The largest absolute Gasteiger partial charge is 0.496 e. The highest BCUT2D eigenvalue weighted by Crippen LogP contribution is 2.25. The molecule has 0 bridgehead atoms. The minimum atomic E-state index is 0.120. The first-order valence-electron chi connectivity index (χ1n) is 6.77. The van der Waals surface area contributed by atoms with Gasteiger partial charge in [0.25, 0.3) is 0 Å². The van der Waals surface area contributed by atoms with E-state index in [1.807, 2.05) is 12.1 Å². The van der Waals surface area contributed by atoms with Crippen LogP contribution in [0.5, 0.6) is 5.75 Å². The Morgan fingerprint density at radius 2 is 2.21 bits per heavy atom. The Bertz CT molecular complexity index is 453. The SMILES string of the molecule is COc1ccc(C)cc1CCNC(=O)C1CC(N)C1. The molecular weight excluding hydrogens is 240 g/mol. The number of hydrogen-bond donors (Lipinski definition) is 2. The Morgan fingerprint density at radius 1 is 1.47 bits per heavy atom. The Balaban J connectivity index is 1.82. The van der Waals surface area contributed by atoms with Gasteiger partial charge in [0.05, 0.1) is 7.11 Å². The maximum absolute atomic E-state index is 11.8. The number of nitrogens with one attached hydrogen (secondary N) is 1. The standard InChI is InChI=1S/C15H22N2O2/c1-10-3-4-14(19-2)11(7-10)5-6-17-15(18)12-8-13(16)9-12/h3-4,7,12-13H,5-6,8-9,16H2,1-2H3,(H,17,18). The summed E-state index contributed by atoms with van der Waals surface area (Å²) in [4.78, 5) is 11.8. The molecule has 1 aliphatic rings. The van der Waals surface area contributed by atoms with Crippen molar-refractivity contribution in [2.45, 2.75) is 32.2 Å². The normalized spacial score (nSPS) is 21.6. The molecule has 0 radical (unpaired) electrons. The number of carbonyl (C=O) groups is 1. The number of rotatable bonds is 5. The number of benzene rings is 1. The van der Waals surface area contributed by atoms with E-state index in [1.165, 1.54) is 5.56 Å². The number of aryl methyl sites for hydroxylation is 1. The van der Waals surface area contributed by atoms with Crippen LogP contribution >= 0.6 is 0 Å². The third-order valence-electron chi connectivity index (χ3n) is 3.67. The molecule has 1 aliphatic carbocycles. The van der Waals surface area contributed by atoms with E-state index in [2.05, 4.69) is 18.3 Å². The molecule has 4 heteroatoms. The zero-order chi connectivity index (χ0) is 13.8. The van der Waals surface area contributed by atoms with Crippen LogP contribution in [0.1, 0.15) is 24.0 Å². The van der Waals surface area contributed by atoms with Crippen LogP contribution in [0.4, 0.5) is 0 Å². The summed E-state index contributed by atoms with van der Waals surface area (Å²) in [6.07, 6.45) is 2.43. The molecular formula is C15H22N2O2. The molecule has 0 saturated heterocycles. The van der Waals surface area contributed by atoms with Crippen molar-refractivity contribution in [1.29, 1.82) is 0 Å². The summed E-state index contributed by atoms with van der Waals surface area (Å²) in [5.74, 6) is 1.13. The highest BCUT2D eigenvalue weighted by molar-refractivity contribution is 5.79. The Morgan fingerprint density at radius 3 is 2.84 bits per heavy atom. The number of hydrogen-bond acceptors (Lipinski definition) is 3. The maximum atomic E-state index is 11.8. The topological polar surface area (TPSA) is 64.3 Å². The van der Waals surface area contributed by atoms with Gasteiger partial charge < -0.3 is 15.8 Å². The van der Waals surface area contributed by atoms with Crippen molar-refractivity contribution < 1.29 is 9.53 Å². The quantitative estimate of drug-likeness (QED) is 0.843. The number of amides is 1. The predicted octanol–water partition coefficient (Wildman–Crippen LogP) is 1.40. The van der Waals surface area contributed by atoms with E-state index in [-0.39, 0.29) is 17.9 Å². The van der Waals surface area contributed by atoms with Gasteiger partial charge in [0.15, 0.2) is 0 Å². The van der Waals surface area contributed by atoms with E-state index in [4.69, 9.17) is 10.5 Å². The van der Waals surface area contributed by atoms with Crippen LogP contribution in [0.25, 0.3) is 0 Å². The van der Waals surface area contributed by atoms with Crippen molar-refractivity contribution in [3.63, 3.8) is 0 Å². The van der Waals surface area contributed by atoms with Gasteiger partial charge >= 0.3 is 0 Å². The fourth-order valence-corrected chi connectivity index (χ4v) is 2.44. The molecule has 104 valence electrons. The lowest BCUT2D eigenvalue weighted by atomic mass is 9.80. The van der Waals surface area contributed by atoms with Crippen molar-refractivity contribution in [2.75, 3.05) is 13.7 Å². The van der Waals surface area contributed by atoms with Crippen LogP contribution in [0, 0.1) is 12.8 Å². The van der Waals surface area contributed by atoms with Crippen LogP contribution in [0.15, 0.2) is 18.2 Å². The second kappa shape index (κ2) is 6.06. The molecule has 19 heavy (non-hydrogen) atoms. The van der Waals surface area contributed by atoms with Gasteiger partial charge in [-0.05, 0) is 37.8 Å². The molecule has 0 atom stereocenters. The van der Waals surface area contributed by atoms with E-state index >= 15 is 0 Å². The van der Waals surface area contributed by atoms with Crippen LogP contribution in [-0.4, -0.2) is 25.6 Å². The number of methoxy groups -OCH3 is 1. The molecule has 1 aromatic carbocycles. The monoisotopic (exact) mass is 262 g/mol. The van der Waals surface area contributed by atoms with Gasteiger partial charge in [0.1, 0.15) is 5.75 Å². The summed E-state index contributed by atoms with van der Waals surface area (Å²) < 4.78 is 5.32. The number of ether oxygens (including phenoxy) is 1. The first-order chi connectivity index (χ1) is 9.10. The minimum absolute atomic E-state index is 0.120. The molecule has 2 rings (SSSR count). The molecule has 0 spiro atoms. The van der Waals surface area contributed by atoms with E-state index < -0.39 is 0 Å². The third kappa shape index (κ3) is 3.47. The van der Waals surface area contributed by atoms with Gasteiger partial charge in [-0.15, -0.1) is 0 Å². The predicted molar refractivity (Wildman–Crippen MR) is 75.1 cm³/mol. The van der Waals surface area contributed by atoms with Crippen LogP contribution < -0.4 is 15.8 Å². The van der Waals surface area contributed by atoms with E-state index in [0.29, 0.717) is 6.54 Å². The van der Waals surface area contributed by atoms with Gasteiger partial charge in [-0.25, -0.2) is 0 Å². The summed E-state index contributed by atoms with van der Waals surface area (Å²) in [6, 6.07) is 6.31. The minimum Gasteiger partial charge on any atom is -0.496 e. The number of nitrogens with two attached hydrogens (primary N) is 1. The summed E-state index contributed by atoms with van der Waals surface area (Å²) in [5.41, 5.74) is 8.02. The lowest BCUT2D eigenvalue weighted by Crippen LogP contribution is -2.45. The Hall–Kier alpha value is -1.55. The van der Waals surface area contributed by atoms with Crippen molar-refractivity contribution in [3.05, 3.63) is 29.3 Å². The summed E-state index contributed by atoms with van der Waals surface area (Å²) in [6.45, 7) is 2.70. The van der Waals surface area contributed by atoms with Crippen LogP contribution in [-0.2, 0) is 11.2 Å². The maximum Gasteiger partial charge on any atom is 0.223 e. The molecule has 1 saturated carbocycles. The molecule has 1 amide bonds. The Labute approximate surface area is 114 Å². The smallest absolute Gasteiger partial charge is 0.223 e. The highest BCUT2D eigenvalue weighted by Gasteiger charge is 2.31. The molecule has 1 fully saturated rings. The first-order valence-corrected chi connectivity index (χ1v) is 6.77. The van der Waals surface area contributed by atoms with Gasteiger partial charge in [0, 0.05) is 18.5 Å². The van der Waals surface area contributed by atoms with E-state index in [1.54, 1.807) is 7.11 Å². The second-order valence-electron chi connectivity index (χ2n) is 5.28. The van der Waals surface area contributed by atoms with E-state index in [9.17, 15) is 4.79 Å². The Kier molecular flexibility index (Phi) is 4.43. The van der Waals surface area contributed by atoms with Gasteiger partial charge in [-0.2, -0.15) is 0 Å². The molecule has 0 aromatic heterocycles. The van der Waals surface area contributed by atoms with Gasteiger partial charge in [-0.1, -0.05) is 17.7 Å². The molecule has 3 N–H and O–H groups in total. The summed E-state index contributed by atoms with van der Waals surface area (Å²) in [7, 11) is 1.67. The average molecular weight is 262 g/mol. The van der Waals surface area contributed by atoms with Crippen LogP contribution in [0.2, 0.25) is 0 Å². The summed E-state index contributed by atoms with van der Waals surface area (Å²) >= 11 is 0. The van der Waals surface area contributed by atoms with E-state index in [0.717, 1.165) is 30.6 Å². The fraction of sp³-hybridized carbons (Fsp3) is 0.533. The molecule has 0 heterocycles.